The van der Waals surface area contributed by atoms with Crippen LogP contribution in [0.15, 0.2) is 48.5 Å². The minimum Gasteiger partial charge on any atom is -0.349 e. The van der Waals surface area contributed by atoms with E-state index in [2.05, 4.69) is 15.5 Å². The van der Waals surface area contributed by atoms with E-state index in [1.807, 2.05) is 53.4 Å². The van der Waals surface area contributed by atoms with E-state index in [0.717, 1.165) is 42.1 Å². The number of amides is 2. The van der Waals surface area contributed by atoms with Gasteiger partial charge in [-0.2, -0.15) is 5.10 Å². The van der Waals surface area contributed by atoms with Gasteiger partial charge in [0.15, 0.2) is 5.69 Å². The molecule has 0 spiro atoms. The third-order valence-electron chi connectivity index (χ3n) is 5.40. The third kappa shape index (κ3) is 3.38. The number of benzene rings is 2. The van der Waals surface area contributed by atoms with E-state index in [9.17, 15) is 9.59 Å². The molecule has 142 valence electrons. The number of nitrogens with one attached hydrogen (secondary N) is 2. The van der Waals surface area contributed by atoms with Gasteiger partial charge >= 0.3 is 0 Å². The maximum Gasteiger partial charge on any atom is 0.275 e. The van der Waals surface area contributed by atoms with Gasteiger partial charge in [-0.1, -0.05) is 30.3 Å². The van der Waals surface area contributed by atoms with Gasteiger partial charge in [0.05, 0.1) is 5.52 Å². The molecule has 0 atom stereocenters. The van der Waals surface area contributed by atoms with E-state index in [1.165, 1.54) is 0 Å². The molecule has 1 heterocycles. The monoisotopic (exact) mass is 374 g/mol. The van der Waals surface area contributed by atoms with E-state index in [-0.39, 0.29) is 17.9 Å². The summed E-state index contributed by atoms with van der Waals surface area (Å²) in [6.07, 6.45) is 4.19. The topological polar surface area (TPSA) is 78.1 Å². The van der Waals surface area contributed by atoms with Crippen LogP contribution in [-0.2, 0) is 6.54 Å². The van der Waals surface area contributed by atoms with E-state index in [4.69, 9.17) is 0 Å². The zero-order valence-corrected chi connectivity index (χ0v) is 15.5. The largest absolute Gasteiger partial charge is 0.349 e. The van der Waals surface area contributed by atoms with Crippen LogP contribution in [0.4, 0.5) is 0 Å². The highest BCUT2D eigenvalue weighted by Gasteiger charge is 2.34. The Morgan fingerprint density at radius 3 is 2.50 bits per heavy atom. The van der Waals surface area contributed by atoms with Crippen LogP contribution in [0, 0.1) is 0 Å². The number of aromatic nitrogens is 2. The van der Waals surface area contributed by atoms with Crippen molar-refractivity contribution in [3.8, 4) is 0 Å². The molecule has 0 bridgehead atoms. The summed E-state index contributed by atoms with van der Waals surface area (Å²) in [5, 5.41) is 11.1. The predicted molar refractivity (Wildman–Crippen MR) is 106 cm³/mol. The lowest BCUT2D eigenvalue weighted by Gasteiger charge is -2.22. The van der Waals surface area contributed by atoms with Gasteiger partial charge in [0, 0.05) is 29.6 Å². The molecule has 5 rings (SSSR count). The van der Waals surface area contributed by atoms with Crippen molar-refractivity contribution in [2.24, 2.45) is 0 Å². The first-order chi connectivity index (χ1) is 13.7. The van der Waals surface area contributed by atoms with Gasteiger partial charge in [0.2, 0.25) is 0 Å². The fraction of sp³-hybridized carbons (Fsp3) is 0.318. The first kappa shape index (κ1) is 17.0. The molecule has 2 amide bonds. The minimum absolute atomic E-state index is 0.0211. The Labute approximate surface area is 162 Å². The van der Waals surface area contributed by atoms with E-state index in [1.54, 1.807) is 0 Å². The van der Waals surface area contributed by atoms with E-state index < -0.39 is 0 Å². The number of carbonyl (C=O) groups excluding carboxylic acids is 2. The van der Waals surface area contributed by atoms with Gasteiger partial charge in [-0.25, -0.2) is 0 Å². The van der Waals surface area contributed by atoms with Crippen molar-refractivity contribution in [2.75, 3.05) is 0 Å². The average molecular weight is 374 g/mol. The molecule has 2 aliphatic rings. The number of aromatic amines is 1. The lowest BCUT2D eigenvalue weighted by molar-refractivity contribution is 0.0725. The van der Waals surface area contributed by atoms with E-state index in [0.29, 0.717) is 23.8 Å². The summed E-state index contributed by atoms with van der Waals surface area (Å²) < 4.78 is 0. The van der Waals surface area contributed by atoms with Crippen LogP contribution in [0.5, 0.6) is 0 Å². The number of hydrogen-bond donors (Lipinski definition) is 2. The molecule has 0 radical (unpaired) electrons. The van der Waals surface area contributed by atoms with Crippen LogP contribution < -0.4 is 5.32 Å². The third-order valence-corrected chi connectivity index (χ3v) is 5.40. The Morgan fingerprint density at radius 1 is 1.04 bits per heavy atom. The normalized spacial score (nSPS) is 16.1. The van der Waals surface area contributed by atoms with Gasteiger partial charge in [-0.05, 0) is 49.4 Å². The molecular weight excluding hydrogens is 352 g/mol. The summed E-state index contributed by atoms with van der Waals surface area (Å²) in [6, 6.07) is 15.9. The predicted octanol–water partition coefficient (Wildman–Crippen LogP) is 3.26. The number of H-pyrrole nitrogens is 1. The Balaban J connectivity index is 1.34. The summed E-state index contributed by atoms with van der Waals surface area (Å²) in [5.74, 6) is -0.0670. The summed E-state index contributed by atoms with van der Waals surface area (Å²) in [5.41, 5.74) is 3.02. The Bertz CT molecular complexity index is 1030. The van der Waals surface area contributed by atoms with Crippen molar-refractivity contribution in [3.05, 3.63) is 65.4 Å². The molecule has 2 fully saturated rings. The SMILES string of the molecule is O=C(NC1CC1)c1ccc(CN(C(=O)c2n[nH]c3ccccc23)C2CC2)cc1. The summed E-state index contributed by atoms with van der Waals surface area (Å²) in [4.78, 5) is 27.2. The van der Waals surface area contributed by atoms with Crippen molar-refractivity contribution in [3.63, 3.8) is 0 Å². The number of hydrogen-bond acceptors (Lipinski definition) is 3. The van der Waals surface area contributed by atoms with Gasteiger partial charge in [0.25, 0.3) is 11.8 Å². The number of para-hydroxylation sites is 1. The van der Waals surface area contributed by atoms with Gasteiger partial charge in [0.1, 0.15) is 0 Å². The number of carbonyl (C=O) groups is 2. The molecule has 0 unspecified atom stereocenters. The average Bonchev–Trinajstić information content (AvgIpc) is 3.65. The Hall–Kier alpha value is -3.15. The molecule has 2 aliphatic carbocycles. The fourth-order valence-corrected chi connectivity index (χ4v) is 3.47. The molecule has 3 aromatic rings. The standard InChI is InChI=1S/C22H22N4O2/c27-21(23-16-9-10-16)15-7-5-14(6-8-15)13-26(17-11-12-17)22(28)20-18-3-1-2-4-19(18)24-25-20/h1-8,16-17H,9-13H2,(H,23,27)(H,24,25). The number of nitrogens with zero attached hydrogens (tertiary/aromatic N) is 2. The van der Waals surface area contributed by atoms with Crippen LogP contribution in [0.3, 0.4) is 0 Å². The molecule has 28 heavy (non-hydrogen) atoms. The Kier molecular flexibility index (Phi) is 4.11. The smallest absolute Gasteiger partial charge is 0.275 e. The summed E-state index contributed by atoms with van der Waals surface area (Å²) in [6.45, 7) is 0.523. The molecule has 1 aromatic heterocycles. The molecule has 2 saturated carbocycles. The molecule has 0 saturated heterocycles. The van der Waals surface area contributed by atoms with Crippen molar-refractivity contribution in [2.45, 2.75) is 44.3 Å². The van der Waals surface area contributed by atoms with Crippen LogP contribution >= 0.6 is 0 Å². The number of rotatable bonds is 6. The minimum atomic E-state index is -0.0458. The second-order valence-electron chi connectivity index (χ2n) is 7.73. The maximum absolute atomic E-state index is 13.2. The van der Waals surface area contributed by atoms with Gasteiger partial charge < -0.3 is 10.2 Å². The molecule has 6 nitrogen and oxygen atoms in total. The zero-order valence-electron chi connectivity index (χ0n) is 15.5. The molecular formula is C22H22N4O2. The van der Waals surface area contributed by atoms with Crippen LogP contribution in [0.2, 0.25) is 0 Å². The highest BCUT2D eigenvalue weighted by atomic mass is 16.2. The zero-order chi connectivity index (χ0) is 19.1. The highest BCUT2D eigenvalue weighted by Crippen LogP contribution is 2.31. The first-order valence-corrected chi connectivity index (χ1v) is 9.83. The van der Waals surface area contributed by atoms with Gasteiger partial charge in [-0.3, -0.25) is 14.7 Å². The van der Waals surface area contributed by atoms with Crippen molar-refractivity contribution in [1.82, 2.24) is 20.4 Å². The van der Waals surface area contributed by atoms with Crippen molar-refractivity contribution in [1.29, 1.82) is 0 Å². The highest BCUT2D eigenvalue weighted by molar-refractivity contribution is 6.04. The Morgan fingerprint density at radius 2 is 1.79 bits per heavy atom. The number of fused-ring (bicyclic) bond motifs is 1. The first-order valence-electron chi connectivity index (χ1n) is 9.83. The van der Waals surface area contributed by atoms with Crippen molar-refractivity contribution < 1.29 is 9.59 Å². The fourth-order valence-electron chi connectivity index (χ4n) is 3.47. The van der Waals surface area contributed by atoms with E-state index >= 15 is 0 Å². The molecule has 6 heteroatoms. The second-order valence-corrected chi connectivity index (χ2v) is 7.73. The lowest BCUT2D eigenvalue weighted by Crippen LogP contribution is -2.33. The van der Waals surface area contributed by atoms with Crippen LogP contribution in [-0.4, -0.2) is 39.0 Å². The van der Waals surface area contributed by atoms with Crippen molar-refractivity contribution >= 4 is 22.7 Å². The lowest BCUT2D eigenvalue weighted by atomic mass is 10.1. The van der Waals surface area contributed by atoms with Crippen LogP contribution in [0.1, 0.15) is 52.1 Å². The van der Waals surface area contributed by atoms with Gasteiger partial charge in [-0.15, -0.1) is 0 Å². The van der Waals surface area contributed by atoms with Crippen LogP contribution in [0.25, 0.3) is 10.9 Å². The molecule has 2 aromatic carbocycles. The quantitative estimate of drug-likeness (QED) is 0.695. The maximum atomic E-state index is 13.2. The molecule has 0 aliphatic heterocycles. The molecule has 2 N–H and O–H groups in total. The summed E-state index contributed by atoms with van der Waals surface area (Å²) >= 11 is 0. The second kappa shape index (κ2) is 6.78. The summed E-state index contributed by atoms with van der Waals surface area (Å²) in [7, 11) is 0.